The molecule has 1 aliphatic heterocycles. The second-order valence-electron chi connectivity index (χ2n) is 5.66. The monoisotopic (exact) mass is 240 g/mol. The van der Waals surface area contributed by atoms with Crippen LogP contribution in [0.4, 0.5) is 0 Å². The van der Waals surface area contributed by atoms with Gasteiger partial charge in [0, 0.05) is 6.04 Å². The first kappa shape index (κ1) is 12.8. The van der Waals surface area contributed by atoms with Crippen molar-refractivity contribution in [2.24, 2.45) is 5.73 Å². The number of carbonyl (C=O) groups is 1. The maximum atomic E-state index is 11.2. The molecule has 0 spiro atoms. The predicted molar refractivity (Wildman–Crippen MR) is 66.9 cm³/mol. The van der Waals surface area contributed by atoms with Gasteiger partial charge < -0.3 is 15.7 Å². The fourth-order valence-corrected chi connectivity index (χ4v) is 3.24. The van der Waals surface area contributed by atoms with E-state index in [2.05, 4.69) is 4.90 Å². The van der Waals surface area contributed by atoms with Crippen LogP contribution < -0.4 is 5.73 Å². The van der Waals surface area contributed by atoms with Crippen LogP contribution in [-0.4, -0.2) is 40.6 Å². The zero-order valence-electron chi connectivity index (χ0n) is 10.5. The molecule has 0 amide bonds. The largest absolute Gasteiger partial charge is 0.480 e. The summed E-state index contributed by atoms with van der Waals surface area (Å²) in [5.41, 5.74) is 5.03. The number of nitrogens with zero attached hydrogens (tertiary/aromatic N) is 1. The van der Waals surface area contributed by atoms with Crippen molar-refractivity contribution in [3.63, 3.8) is 0 Å². The number of carboxylic acid groups (broad SMARTS) is 1. The van der Waals surface area contributed by atoms with Gasteiger partial charge in [0.25, 0.3) is 0 Å². The minimum atomic E-state index is -0.977. The third-order valence-corrected chi connectivity index (χ3v) is 4.34. The Kier molecular flexibility index (Phi) is 4.05. The van der Waals surface area contributed by atoms with E-state index >= 15 is 0 Å². The summed E-state index contributed by atoms with van der Waals surface area (Å²) in [6.45, 7) is 2.25. The minimum absolute atomic E-state index is 0.392. The van der Waals surface area contributed by atoms with Crippen LogP contribution in [0.1, 0.15) is 51.4 Å². The van der Waals surface area contributed by atoms with Crippen molar-refractivity contribution in [3.8, 4) is 0 Å². The maximum absolute atomic E-state index is 11.2. The van der Waals surface area contributed by atoms with Gasteiger partial charge in [-0.3, -0.25) is 4.79 Å². The Morgan fingerprint density at radius 2 is 1.82 bits per heavy atom. The Morgan fingerprint density at radius 1 is 1.18 bits per heavy atom. The Bertz CT molecular complexity index is 275. The smallest absolute Gasteiger partial charge is 0.323 e. The highest BCUT2D eigenvalue weighted by molar-refractivity contribution is 5.78. The number of aliphatic carboxylic acids is 1. The average Bonchev–Trinajstić information content (AvgIpc) is 2.57. The first-order valence-electron chi connectivity index (χ1n) is 6.88. The van der Waals surface area contributed by atoms with E-state index in [1.54, 1.807) is 0 Å². The molecular weight excluding hydrogens is 216 g/mol. The summed E-state index contributed by atoms with van der Waals surface area (Å²) in [7, 11) is 0. The third kappa shape index (κ3) is 2.99. The van der Waals surface area contributed by atoms with Crippen LogP contribution in [0.25, 0.3) is 0 Å². The molecule has 2 aliphatic rings. The number of hydrogen-bond acceptors (Lipinski definition) is 3. The summed E-state index contributed by atoms with van der Waals surface area (Å²) in [4.78, 5) is 13.7. The molecule has 0 aromatic rings. The lowest BCUT2D eigenvalue weighted by Gasteiger charge is -2.40. The first-order valence-corrected chi connectivity index (χ1v) is 6.88. The number of hydrogen-bond donors (Lipinski definition) is 2. The standard InChI is InChI=1S/C13H24N2O2/c14-13(12(16)17)7-5-6-11(10-13)15-8-3-1-2-4-9-15/h11H,1-10,14H2,(H,16,17). The Labute approximate surface area is 103 Å². The normalized spacial score (nSPS) is 36.4. The molecule has 4 heteroatoms. The topological polar surface area (TPSA) is 66.6 Å². The summed E-state index contributed by atoms with van der Waals surface area (Å²) in [5, 5.41) is 9.23. The molecule has 2 fully saturated rings. The molecule has 1 saturated carbocycles. The summed E-state index contributed by atoms with van der Waals surface area (Å²) < 4.78 is 0. The highest BCUT2D eigenvalue weighted by Gasteiger charge is 2.40. The van der Waals surface area contributed by atoms with E-state index in [0.29, 0.717) is 18.9 Å². The van der Waals surface area contributed by atoms with Crippen LogP contribution in [0.5, 0.6) is 0 Å². The van der Waals surface area contributed by atoms with Gasteiger partial charge in [-0.25, -0.2) is 0 Å². The highest BCUT2D eigenvalue weighted by Crippen LogP contribution is 2.30. The maximum Gasteiger partial charge on any atom is 0.323 e. The van der Waals surface area contributed by atoms with Crippen molar-refractivity contribution in [1.29, 1.82) is 0 Å². The van der Waals surface area contributed by atoms with Gasteiger partial charge in [-0.05, 0) is 51.6 Å². The van der Waals surface area contributed by atoms with Gasteiger partial charge in [0.1, 0.15) is 5.54 Å². The van der Waals surface area contributed by atoms with Crippen LogP contribution in [0, 0.1) is 0 Å². The van der Waals surface area contributed by atoms with Crippen LogP contribution in [-0.2, 0) is 4.79 Å². The second-order valence-corrected chi connectivity index (χ2v) is 5.66. The van der Waals surface area contributed by atoms with E-state index in [4.69, 9.17) is 5.73 Å². The van der Waals surface area contributed by atoms with Gasteiger partial charge in [0.2, 0.25) is 0 Å². The predicted octanol–water partition coefficient (Wildman–Crippen LogP) is 1.59. The van der Waals surface area contributed by atoms with Crippen LogP contribution in [0.3, 0.4) is 0 Å². The van der Waals surface area contributed by atoms with Crippen molar-refractivity contribution < 1.29 is 9.90 Å². The van der Waals surface area contributed by atoms with E-state index in [-0.39, 0.29) is 0 Å². The molecule has 98 valence electrons. The summed E-state index contributed by atoms with van der Waals surface area (Å²) in [6, 6.07) is 0.392. The van der Waals surface area contributed by atoms with Crippen molar-refractivity contribution in [2.75, 3.05) is 13.1 Å². The Balaban J connectivity index is 1.98. The lowest BCUT2D eigenvalue weighted by atomic mass is 9.79. The van der Waals surface area contributed by atoms with Crippen molar-refractivity contribution in [2.45, 2.75) is 62.9 Å². The molecule has 17 heavy (non-hydrogen) atoms. The van der Waals surface area contributed by atoms with Gasteiger partial charge in [0.05, 0.1) is 0 Å². The zero-order chi connectivity index (χ0) is 12.3. The van der Waals surface area contributed by atoms with Gasteiger partial charge in [-0.15, -0.1) is 0 Å². The Hall–Kier alpha value is -0.610. The second kappa shape index (κ2) is 5.36. The van der Waals surface area contributed by atoms with E-state index < -0.39 is 11.5 Å². The SMILES string of the molecule is NC1(C(=O)O)CCCC(N2CCCCCC2)C1. The van der Waals surface area contributed by atoms with Gasteiger partial charge >= 0.3 is 5.97 Å². The van der Waals surface area contributed by atoms with Crippen molar-refractivity contribution in [1.82, 2.24) is 4.90 Å². The van der Waals surface area contributed by atoms with E-state index in [0.717, 1.165) is 25.9 Å². The molecule has 4 nitrogen and oxygen atoms in total. The van der Waals surface area contributed by atoms with E-state index in [1.807, 2.05) is 0 Å². The fraction of sp³-hybridized carbons (Fsp3) is 0.923. The fourth-order valence-electron chi connectivity index (χ4n) is 3.24. The number of carboxylic acids is 1. The molecule has 2 rings (SSSR count). The summed E-state index contributed by atoms with van der Waals surface area (Å²) in [5.74, 6) is -0.822. The molecule has 0 aromatic carbocycles. The van der Waals surface area contributed by atoms with Gasteiger partial charge in [-0.1, -0.05) is 12.8 Å². The van der Waals surface area contributed by atoms with Crippen LogP contribution in [0.15, 0.2) is 0 Å². The van der Waals surface area contributed by atoms with Crippen LogP contribution >= 0.6 is 0 Å². The average molecular weight is 240 g/mol. The quantitative estimate of drug-likeness (QED) is 0.769. The van der Waals surface area contributed by atoms with Crippen molar-refractivity contribution in [3.05, 3.63) is 0 Å². The van der Waals surface area contributed by atoms with Crippen molar-refractivity contribution >= 4 is 5.97 Å². The molecule has 0 radical (unpaired) electrons. The van der Waals surface area contributed by atoms with Gasteiger partial charge in [-0.2, -0.15) is 0 Å². The highest BCUT2D eigenvalue weighted by atomic mass is 16.4. The van der Waals surface area contributed by atoms with Gasteiger partial charge in [0.15, 0.2) is 0 Å². The summed E-state index contributed by atoms with van der Waals surface area (Å²) >= 11 is 0. The first-order chi connectivity index (χ1) is 8.12. The number of likely N-dealkylation sites (tertiary alicyclic amines) is 1. The molecule has 0 bridgehead atoms. The zero-order valence-corrected chi connectivity index (χ0v) is 10.5. The molecular formula is C13H24N2O2. The lowest BCUT2D eigenvalue weighted by molar-refractivity contribution is -0.145. The molecule has 1 aliphatic carbocycles. The molecule has 2 atom stereocenters. The van der Waals surface area contributed by atoms with E-state index in [9.17, 15) is 9.90 Å². The number of rotatable bonds is 2. The molecule has 3 N–H and O–H groups in total. The number of nitrogens with two attached hydrogens (primary N) is 1. The minimum Gasteiger partial charge on any atom is -0.480 e. The van der Waals surface area contributed by atoms with Crippen LogP contribution in [0.2, 0.25) is 0 Å². The molecule has 2 unspecified atom stereocenters. The molecule has 1 saturated heterocycles. The van der Waals surface area contributed by atoms with E-state index in [1.165, 1.54) is 25.7 Å². The summed E-state index contributed by atoms with van der Waals surface area (Å²) in [6.07, 6.45) is 8.46. The molecule has 1 heterocycles. The lowest BCUT2D eigenvalue weighted by Crippen LogP contribution is -2.55. The molecule has 0 aromatic heterocycles. The Morgan fingerprint density at radius 3 is 2.41 bits per heavy atom. The third-order valence-electron chi connectivity index (χ3n) is 4.34.